The molecule has 0 radical (unpaired) electrons. The summed E-state index contributed by atoms with van der Waals surface area (Å²) in [6.45, 7) is 5.50. The van der Waals surface area contributed by atoms with E-state index in [1.165, 1.54) is 32.4 Å². The Labute approximate surface area is 150 Å². The van der Waals surface area contributed by atoms with Crippen LogP contribution < -0.4 is 10.1 Å². The number of amides is 1. The number of nitrogens with zero attached hydrogens (tertiary/aromatic N) is 1. The largest absolute Gasteiger partial charge is 0.490 e. The van der Waals surface area contributed by atoms with Crippen LogP contribution in [0.3, 0.4) is 0 Å². The zero-order valence-electron chi connectivity index (χ0n) is 15.0. The van der Waals surface area contributed by atoms with Crippen molar-refractivity contribution in [1.29, 1.82) is 0 Å². The molecule has 5 heteroatoms. The van der Waals surface area contributed by atoms with Gasteiger partial charge in [0.05, 0.1) is 11.7 Å². The second-order valence-corrected chi connectivity index (χ2v) is 6.95. The highest BCUT2D eigenvalue weighted by Gasteiger charge is 2.18. The number of piperidine rings is 1. The molecular formula is C20H30N2O3. The first-order valence-corrected chi connectivity index (χ1v) is 9.67. The van der Waals surface area contributed by atoms with Gasteiger partial charge in [-0.2, -0.15) is 0 Å². The molecule has 1 unspecified atom stereocenters. The normalized spacial score (nSPS) is 21.2. The molecule has 0 aliphatic carbocycles. The molecule has 1 aromatic carbocycles. The Hall–Kier alpha value is -1.59. The number of hydrogen-bond acceptors (Lipinski definition) is 4. The fraction of sp³-hybridized carbons (Fsp3) is 0.650. The second-order valence-electron chi connectivity index (χ2n) is 6.95. The minimum atomic E-state index is -0.0541. The molecule has 1 aromatic rings. The Balaban J connectivity index is 1.42. The molecule has 0 spiro atoms. The fourth-order valence-electron chi connectivity index (χ4n) is 3.52. The van der Waals surface area contributed by atoms with Crippen LogP contribution in [-0.4, -0.2) is 56.3 Å². The maximum atomic E-state index is 12.5. The topological polar surface area (TPSA) is 50.8 Å². The zero-order valence-corrected chi connectivity index (χ0v) is 15.0. The number of carbonyl (C=O) groups excluding carboxylic acids is 1. The van der Waals surface area contributed by atoms with Gasteiger partial charge < -0.3 is 19.7 Å². The summed E-state index contributed by atoms with van der Waals surface area (Å²) >= 11 is 0. The van der Waals surface area contributed by atoms with Gasteiger partial charge in [-0.05, 0) is 63.9 Å². The van der Waals surface area contributed by atoms with Gasteiger partial charge in [-0.25, -0.2) is 0 Å². The van der Waals surface area contributed by atoms with Crippen molar-refractivity contribution in [3.05, 3.63) is 29.8 Å². The van der Waals surface area contributed by atoms with Gasteiger partial charge in [-0.1, -0.05) is 18.6 Å². The first kappa shape index (κ1) is 18.2. The van der Waals surface area contributed by atoms with Gasteiger partial charge in [0.2, 0.25) is 0 Å². The molecule has 2 heterocycles. The molecule has 25 heavy (non-hydrogen) atoms. The number of carbonyl (C=O) groups is 1. The lowest BCUT2D eigenvalue weighted by Crippen LogP contribution is -2.33. The summed E-state index contributed by atoms with van der Waals surface area (Å²) < 4.78 is 11.4. The van der Waals surface area contributed by atoms with Gasteiger partial charge in [0.1, 0.15) is 12.4 Å². The SMILES string of the molecule is O=C(NCCCN1CCCCC1)c1ccccc1OCC1CCCO1. The Morgan fingerprint density at radius 2 is 2.04 bits per heavy atom. The first-order valence-electron chi connectivity index (χ1n) is 9.67. The molecule has 1 atom stereocenters. The van der Waals surface area contributed by atoms with Crippen molar-refractivity contribution in [1.82, 2.24) is 10.2 Å². The van der Waals surface area contributed by atoms with Crippen molar-refractivity contribution in [3.8, 4) is 5.75 Å². The number of hydrogen-bond donors (Lipinski definition) is 1. The van der Waals surface area contributed by atoms with Gasteiger partial charge in [-0.15, -0.1) is 0 Å². The van der Waals surface area contributed by atoms with Crippen LogP contribution in [-0.2, 0) is 4.74 Å². The van der Waals surface area contributed by atoms with E-state index in [-0.39, 0.29) is 12.0 Å². The van der Waals surface area contributed by atoms with Crippen LogP contribution in [0.1, 0.15) is 48.9 Å². The van der Waals surface area contributed by atoms with Gasteiger partial charge in [0, 0.05) is 13.2 Å². The minimum absolute atomic E-state index is 0.0541. The number of nitrogens with one attached hydrogen (secondary N) is 1. The van der Waals surface area contributed by atoms with E-state index in [2.05, 4.69) is 10.2 Å². The third-order valence-corrected chi connectivity index (χ3v) is 4.97. The molecule has 0 saturated carbocycles. The van der Waals surface area contributed by atoms with Crippen LogP contribution in [0.2, 0.25) is 0 Å². The molecule has 0 aromatic heterocycles. The summed E-state index contributed by atoms with van der Waals surface area (Å²) in [5, 5.41) is 3.03. The van der Waals surface area contributed by atoms with Gasteiger partial charge in [0.25, 0.3) is 5.91 Å². The predicted molar refractivity (Wildman–Crippen MR) is 98.2 cm³/mol. The Morgan fingerprint density at radius 3 is 2.84 bits per heavy atom. The van der Waals surface area contributed by atoms with Crippen LogP contribution in [0.4, 0.5) is 0 Å². The first-order chi connectivity index (χ1) is 12.3. The summed E-state index contributed by atoms with van der Waals surface area (Å²) in [7, 11) is 0. The van der Waals surface area contributed by atoms with E-state index in [1.54, 1.807) is 0 Å². The van der Waals surface area contributed by atoms with Crippen molar-refractivity contribution < 1.29 is 14.3 Å². The van der Waals surface area contributed by atoms with E-state index >= 15 is 0 Å². The maximum Gasteiger partial charge on any atom is 0.255 e. The summed E-state index contributed by atoms with van der Waals surface area (Å²) in [6, 6.07) is 7.46. The molecule has 3 rings (SSSR count). The molecule has 1 amide bonds. The van der Waals surface area contributed by atoms with Crippen molar-refractivity contribution in [2.24, 2.45) is 0 Å². The summed E-state index contributed by atoms with van der Waals surface area (Å²) in [4.78, 5) is 15.0. The number of para-hydroxylation sites is 1. The lowest BCUT2D eigenvalue weighted by atomic mass is 10.1. The van der Waals surface area contributed by atoms with Gasteiger partial charge >= 0.3 is 0 Å². The number of ether oxygens (including phenoxy) is 2. The number of likely N-dealkylation sites (tertiary alicyclic amines) is 1. The van der Waals surface area contributed by atoms with E-state index in [4.69, 9.17) is 9.47 Å². The van der Waals surface area contributed by atoms with Crippen LogP contribution in [0.15, 0.2) is 24.3 Å². The highest BCUT2D eigenvalue weighted by molar-refractivity contribution is 5.96. The van der Waals surface area contributed by atoms with Crippen LogP contribution >= 0.6 is 0 Å². The molecule has 138 valence electrons. The summed E-state index contributed by atoms with van der Waals surface area (Å²) in [5.74, 6) is 0.591. The van der Waals surface area contributed by atoms with E-state index in [0.29, 0.717) is 24.5 Å². The van der Waals surface area contributed by atoms with Crippen LogP contribution in [0.5, 0.6) is 5.75 Å². The van der Waals surface area contributed by atoms with Gasteiger partial charge in [0.15, 0.2) is 0 Å². The fourth-order valence-corrected chi connectivity index (χ4v) is 3.52. The Morgan fingerprint density at radius 1 is 1.20 bits per heavy atom. The maximum absolute atomic E-state index is 12.5. The molecule has 2 saturated heterocycles. The molecule has 1 N–H and O–H groups in total. The Bertz CT molecular complexity index is 537. The molecule has 0 bridgehead atoms. The predicted octanol–water partition coefficient (Wildman–Crippen LogP) is 2.85. The molecule has 5 nitrogen and oxygen atoms in total. The van der Waals surface area contributed by atoms with Crippen molar-refractivity contribution in [2.45, 2.75) is 44.6 Å². The van der Waals surface area contributed by atoms with Crippen LogP contribution in [0, 0.1) is 0 Å². The van der Waals surface area contributed by atoms with Crippen molar-refractivity contribution in [3.63, 3.8) is 0 Å². The van der Waals surface area contributed by atoms with E-state index in [0.717, 1.165) is 32.4 Å². The molecule has 2 aliphatic rings. The summed E-state index contributed by atoms with van der Waals surface area (Å²) in [6.07, 6.45) is 7.24. The quantitative estimate of drug-likeness (QED) is 0.736. The molecular weight excluding hydrogens is 316 g/mol. The smallest absolute Gasteiger partial charge is 0.255 e. The third kappa shape index (κ3) is 5.72. The lowest BCUT2D eigenvalue weighted by Gasteiger charge is -2.26. The lowest BCUT2D eigenvalue weighted by molar-refractivity contribution is 0.0670. The number of benzene rings is 1. The second kappa shape index (κ2) is 9.78. The average molecular weight is 346 g/mol. The van der Waals surface area contributed by atoms with Crippen molar-refractivity contribution >= 4 is 5.91 Å². The van der Waals surface area contributed by atoms with Crippen molar-refractivity contribution in [2.75, 3.05) is 39.4 Å². The standard InChI is InChI=1S/C20H30N2O3/c23-20(21-11-7-14-22-12-4-1-5-13-22)18-9-2-3-10-19(18)25-16-17-8-6-15-24-17/h2-3,9-10,17H,1,4-8,11-16H2,(H,21,23). The molecule has 2 fully saturated rings. The van der Waals surface area contributed by atoms with Crippen LogP contribution in [0.25, 0.3) is 0 Å². The third-order valence-electron chi connectivity index (χ3n) is 4.97. The highest BCUT2D eigenvalue weighted by atomic mass is 16.5. The minimum Gasteiger partial charge on any atom is -0.490 e. The highest BCUT2D eigenvalue weighted by Crippen LogP contribution is 2.20. The zero-order chi connectivity index (χ0) is 17.3. The molecule has 2 aliphatic heterocycles. The van der Waals surface area contributed by atoms with E-state index < -0.39 is 0 Å². The monoisotopic (exact) mass is 346 g/mol. The number of rotatable bonds is 8. The van der Waals surface area contributed by atoms with E-state index in [9.17, 15) is 4.79 Å². The Kier molecular flexibility index (Phi) is 7.12. The average Bonchev–Trinajstić information content (AvgIpc) is 3.18. The van der Waals surface area contributed by atoms with Gasteiger partial charge in [-0.3, -0.25) is 4.79 Å². The summed E-state index contributed by atoms with van der Waals surface area (Å²) in [5.41, 5.74) is 0.610. The van der Waals surface area contributed by atoms with E-state index in [1.807, 2.05) is 24.3 Å².